The van der Waals surface area contributed by atoms with Gasteiger partial charge in [-0.2, -0.15) is 4.72 Å². The van der Waals surface area contributed by atoms with Crippen LogP contribution in [0.1, 0.15) is 12.0 Å². The number of aryl methyl sites for hydroxylation is 1. The van der Waals surface area contributed by atoms with Crippen molar-refractivity contribution >= 4 is 33.6 Å². The van der Waals surface area contributed by atoms with Crippen molar-refractivity contribution in [3.63, 3.8) is 0 Å². The van der Waals surface area contributed by atoms with Crippen molar-refractivity contribution in [2.75, 3.05) is 0 Å². The Balaban J connectivity index is 3.09. The average molecular weight is 322 g/mol. The Labute approximate surface area is 120 Å². The number of rotatable bonds is 6. The van der Waals surface area contributed by atoms with Crippen LogP contribution in [-0.4, -0.2) is 36.6 Å². The Morgan fingerprint density at radius 3 is 2.40 bits per heavy atom. The topological polar surface area (TPSA) is 121 Å². The summed E-state index contributed by atoms with van der Waals surface area (Å²) in [4.78, 5) is 21.3. The zero-order chi connectivity index (χ0) is 15.5. The molecule has 7 nitrogen and oxygen atoms in total. The van der Waals surface area contributed by atoms with Gasteiger partial charge in [0.2, 0.25) is 10.0 Å². The average Bonchev–Trinajstić information content (AvgIpc) is 2.26. The number of benzene rings is 1. The number of aliphatic carboxylic acids is 2. The molecule has 1 rings (SSSR count). The van der Waals surface area contributed by atoms with E-state index in [1.807, 2.05) is 4.72 Å². The molecule has 0 radical (unpaired) electrons. The molecular weight excluding hydrogens is 310 g/mol. The minimum atomic E-state index is -4.15. The van der Waals surface area contributed by atoms with Crippen LogP contribution < -0.4 is 4.72 Å². The first-order valence-electron chi connectivity index (χ1n) is 5.36. The fourth-order valence-corrected chi connectivity index (χ4v) is 3.16. The van der Waals surface area contributed by atoms with Crippen molar-refractivity contribution in [1.82, 2.24) is 4.72 Å². The normalized spacial score (nSPS) is 12.9. The first kappa shape index (κ1) is 16.4. The van der Waals surface area contributed by atoms with Gasteiger partial charge in [0, 0.05) is 5.02 Å². The van der Waals surface area contributed by atoms with Gasteiger partial charge in [0.25, 0.3) is 0 Å². The molecular formula is C11H12ClNO6S. The van der Waals surface area contributed by atoms with Gasteiger partial charge in [0.1, 0.15) is 6.04 Å². The van der Waals surface area contributed by atoms with E-state index in [2.05, 4.69) is 0 Å². The lowest BCUT2D eigenvalue weighted by Gasteiger charge is -2.14. The summed E-state index contributed by atoms with van der Waals surface area (Å²) >= 11 is 5.71. The summed E-state index contributed by atoms with van der Waals surface area (Å²) in [7, 11) is -4.15. The lowest BCUT2D eigenvalue weighted by atomic mass is 10.2. The molecule has 0 heterocycles. The van der Waals surface area contributed by atoms with E-state index in [1.165, 1.54) is 25.1 Å². The van der Waals surface area contributed by atoms with Gasteiger partial charge in [-0.15, -0.1) is 0 Å². The van der Waals surface area contributed by atoms with E-state index in [1.54, 1.807) is 0 Å². The van der Waals surface area contributed by atoms with Crippen molar-refractivity contribution in [1.29, 1.82) is 0 Å². The Morgan fingerprint density at radius 1 is 1.35 bits per heavy atom. The SMILES string of the molecule is Cc1cc(Cl)ccc1S(=O)(=O)NC(CC(=O)O)C(=O)O. The van der Waals surface area contributed by atoms with E-state index >= 15 is 0 Å². The second-order valence-corrected chi connectivity index (χ2v) is 6.14. The molecule has 0 spiro atoms. The molecule has 0 saturated heterocycles. The summed E-state index contributed by atoms with van der Waals surface area (Å²) in [5, 5.41) is 17.7. The number of hydrogen-bond donors (Lipinski definition) is 3. The predicted octanol–water partition coefficient (Wildman–Crippen LogP) is 0.855. The molecule has 0 aliphatic heterocycles. The standard InChI is InChI=1S/C11H12ClNO6S/c1-6-4-7(12)2-3-9(6)20(18,19)13-8(11(16)17)5-10(14)15/h2-4,8,13H,5H2,1H3,(H,14,15)(H,16,17). The highest BCUT2D eigenvalue weighted by Crippen LogP contribution is 2.20. The monoisotopic (exact) mass is 321 g/mol. The van der Waals surface area contributed by atoms with Crippen LogP contribution in [0.25, 0.3) is 0 Å². The first-order valence-corrected chi connectivity index (χ1v) is 7.22. The molecule has 0 bridgehead atoms. The third-order valence-electron chi connectivity index (χ3n) is 2.40. The van der Waals surface area contributed by atoms with Crippen molar-refractivity contribution < 1.29 is 28.2 Å². The van der Waals surface area contributed by atoms with Crippen LogP contribution in [0.4, 0.5) is 0 Å². The molecule has 1 aromatic rings. The number of nitrogens with one attached hydrogen (secondary N) is 1. The number of halogens is 1. The largest absolute Gasteiger partial charge is 0.481 e. The minimum Gasteiger partial charge on any atom is -0.481 e. The third-order valence-corrected chi connectivity index (χ3v) is 4.27. The van der Waals surface area contributed by atoms with Crippen molar-refractivity contribution in [3.05, 3.63) is 28.8 Å². The number of carboxylic acid groups (broad SMARTS) is 2. The molecule has 0 aliphatic rings. The Hall–Kier alpha value is -1.64. The van der Waals surface area contributed by atoms with Crippen LogP contribution >= 0.6 is 11.6 Å². The predicted molar refractivity (Wildman–Crippen MR) is 70.2 cm³/mol. The van der Waals surface area contributed by atoms with Gasteiger partial charge in [0.05, 0.1) is 11.3 Å². The smallest absolute Gasteiger partial charge is 0.322 e. The maximum Gasteiger partial charge on any atom is 0.322 e. The molecule has 20 heavy (non-hydrogen) atoms. The maximum atomic E-state index is 12.1. The highest BCUT2D eigenvalue weighted by atomic mass is 35.5. The lowest BCUT2D eigenvalue weighted by molar-refractivity contribution is -0.145. The highest BCUT2D eigenvalue weighted by molar-refractivity contribution is 7.89. The van der Waals surface area contributed by atoms with E-state index < -0.39 is 34.4 Å². The number of carbonyl (C=O) groups is 2. The van der Waals surface area contributed by atoms with Crippen molar-refractivity contribution in [2.24, 2.45) is 0 Å². The minimum absolute atomic E-state index is 0.154. The van der Waals surface area contributed by atoms with Crippen LogP contribution in [0.3, 0.4) is 0 Å². The maximum absolute atomic E-state index is 12.1. The second kappa shape index (κ2) is 6.21. The Bertz CT molecular complexity index is 642. The molecule has 0 aromatic heterocycles. The van der Waals surface area contributed by atoms with Crippen LogP contribution in [0.15, 0.2) is 23.1 Å². The Morgan fingerprint density at radius 2 is 1.95 bits per heavy atom. The molecule has 110 valence electrons. The quantitative estimate of drug-likeness (QED) is 0.714. The summed E-state index contributed by atoms with van der Waals surface area (Å²) in [6.07, 6.45) is -0.860. The Kier molecular flexibility index (Phi) is 5.09. The highest BCUT2D eigenvalue weighted by Gasteiger charge is 2.28. The van der Waals surface area contributed by atoms with E-state index in [-0.39, 0.29) is 4.90 Å². The molecule has 0 fully saturated rings. The molecule has 0 aliphatic carbocycles. The lowest BCUT2D eigenvalue weighted by Crippen LogP contribution is -2.42. The van der Waals surface area contributed by atoms with E-state index in [4.69, 9.17) is 21.8 Å². The summed E-state index contributed by atoms with van der Waals surface area (Å²) in [6, 6.07) is 2.23. The van der Waals surface area contributed by atoms with Crippen LogP contribution in [0, 0.1) is 6.92 Å². The zero-order valence-electron chi connectivity index (χ0n) is 10.3. The summed E-state index contributed by atoms with van der Waals surface area (Å²) in [6.45, 7) is 1.49. The number of hydrogen-bond acceptors (Lipinski definition) is 4. The van der Waals surface area contributed by atoms with E-state index in [9.17, 15) is 18.0 Å². The van der Waals surface area contributed by atoms with Crippen molar-refractivity contribution in [3.8, 4) is 0 Å². The van der Waals surface area contributed by atoms with Crippen molar-refractivity contribution in [2.45, 2.75) is 24.3 Å². The van der Waals surface area contributed by atoms with Crippen LogP contribution in [-0.2, 0) is 19.6 Å². The molecule has 3 N–H and O–H groups in total. The summed E-state index contributed by atoms with van der Waals surface area (Å²) in [5.74, 6) is -2.99. The van der Waals surface area contributed by atoms with Gasteiger partial charge in [-0.3, -0.25) is 9.59 Å². The molecule has 1 atom stereocenters. The van der Waals surface area contributed by atoms with E-state index in [0.717, 1.165) is 0 Å². The summed E-state index contributed by atoms with van der Waals surface area (Å²) in [5.41, 5.74) is 0.324. The fraction of sp³-hybridized carbons (Fsp3) is 0.273. The van der Waals surface area contributed by atoms with Gasteiger partial charge in [-0.1, -0.05) is 11.6 Å². The van der Waals surface area contributed by atoms with Gasteiger partial charge < -0.3 is 10.2 Å². The molecule has 1 aromatic carbocycles. The zero-order valence-corrected chi connectivity index (χ0v) is 11.9. The van der Waals surface area contributed by atoms with Crippen LogP contribution in [0.2, 0.25) is 5.02 Å². The number of carboxylic acids is 2. The second-order valence-electron chi connectivity index (χ2n) is 4.02. The molecule has 0 amide bonds. The van der Waals surface area contributed by atoms with Gasteiger partial charge >= 0.3 is 11.9 Å². The molecule has 1 unspecified atom stereocenters. The fourth-order valence-electron chi connectivity index (χ4n) is 1.52. The molecule has 0 saturated carbocycles. The van der Waals surface area contributed by atoms with Gasteiger partial charge in [-0.05, 0) is 30.7 Å². The molecule has 9 heteroatoms. The first-order chi connectivity index (χ1) is 9.13. The number of sulfonamides is 1. The summed E-state index contributed by atoms with van der Waals surface area (Å²) < 4.78 is 25.9. The van der Waals surface area contributed by atoms with E-state index in [0.29, 0.717) is 10.6 Å². The third kappa shape index (κ3) is 4.19. The van der Waals surface area contributed by atoms with Crippen LogP contribution in [0.5, 0.6) is 0 Å². The van der Waals surface area contributed by atoms with Gasteiger partial charge in [0.15, 0.2) is 0 Å². The van der Waals surface area contributed by atoms with Gasteiger partial charge in [-0.25, -0.2) is 8.42 Å².